The zero-order valence-corrected chi connectivity index (χ0v) is 18.3. The summed E-state index contributed by atoms with van der Waals surface area (Å²) in [6.07, 6.45) is 0. The largest absolute Gasteiger partial charge is 0.508 e. The number of ether oxygens (including phenoxy) is 1. The monoisotopic (exact) mass is 469 g/mol. The van der Waals surface area contributed by atoms with Crippen LogP contribution < -0.4 is 9.64 Å². The molecule has 4 rings (SSSR count). The molecule has 1 unspecified atom stereocenters. The van der Waals surface area contributed by atoms with E-state index in [0.29, 0.717) is 27.0 Å². The highest BCUT2D eigenvalue weighted by Gasteiger charge is 2.47. The average molecular weight is 470 g/mol. The summed E-state index contributed by atoms with van der Waals surface area (Å²) < 4.78 is 5.20. The van der Waals surface area contributed by atoms with Gasteiger partial charge in [0.1, 0.15) is 17.3 Å². The normalized spacial score (nSPS) is 17.6. The van der Waals surface area contributed by atoms with Gasteiger partial charge in [-0.1, -0.05) is 35.3 Å². The smallest absolute Gasteiger partial charge is 0.300 e. The molecule has 0 saturated carbocycles. The fourth-order valence-corrected chi connectivity index (χ4v) is 3.99. The number of aliphatic hydroxyl groups is 1. The van der Waals surface area contributed by atoms with E-state index in [9.17, 15) is 19.8 Å². The van der Waals surface area contributed by atoms with Gasteiger partial charge in [-0.25, -0.2) is 0 Å². The van der Waals surface area contributed by atoms with Crippen molar-refractivity contribution >= 4 is 46.3 Å². The van der Waals surface area contributed by atoms with Gasteiger partial charge >= 0.3 is 0 Å². The van der Waals surface area contributed by atoms with Crippen LogP contribution >= 0.6 is 23.2 Å². The molecule has 6 nitrogen and oxygen atoms in total. The van der Waals surface area contributed by atoms with Gasteiger partial charge in [0.2, 0.25) is 0 Å². The second kappa shape index (κ2) is 8.57. The standard InChI is InChI=1S/C24H17Cl2NO5/c1-32-19-12-14(5-10-18(19)26)22(29)20-21(13-3-2-4-17(28)11-13)27(24(31)23(20)30)16-8-6-15(25)7-9-16/h2-12,21,28-29H,1H3/b22-20-. The molecule has 0 spiro atoms. The predicted octanol–water partition coefficient (Wildman–Crippen LogP) is 5.33. The Hall–Kier alpha value is -3.48. The third kappa shape index (κ3) is 3.79. The number of nitrogens with zero attached hydrogens (tertiary/aromatic N) is 1. The highest BCUT2D eigenvalue weighted by Crippen LogP contribution is 2.43. The van der Waals surface area contributed by atoms with E-state index in [1.54, 1.807) is 36.4 Å². The maximum Gasteiger partial charge on any atom is 0.300 e. The minimum atomic E-state index is -0.982. The predicted molar refractivity (Wildman–Crippen MR) is 122 cm³/mol. The molecule has 1 heterocycles. The summed E-state index contributed by atoms with van der Waals surface area (Å²) in [5, 5.41) is 21.9. The van der Waals surface area contributed by atoms with Gasteiger partial charge in [0.05, 0.1) is 23.7 Å². The van der Waals surface area contributed by atoms with Gasteiger partial charge in [0.15, 0.2) is 0 Å². The lowest BCUT2D eigenvalue weighted by Crippen LogP contribution is -2.29. The number of hydrogen-bond acceptors (Lipinski definition) is 5. The first-order valence-electron chi connectivity index (χ1n) is 9.51. The minimum absolute atomic E-state index is 0.0441. The molecular formula is C24H17Cl2NO5. The average Bonchev–Trinajstić information content (AvgIpc) is 3.05. The lowest BCUT2D eigenvalue weighted by Gasteiger charge is -2.25. The Kier molecular flexibility index (Phi) is 5.82. The first kappa shape index (κ1) is 21.7. The van der Waals surface area contributed by atoms with Gasteiger partial charge in [-0.2, -0.15) is 0 Å². The first-order chi connectivity index (χ1) is 15.3. The summed E-state index contributed by atoms with van der Waals surface area (Å²) in [6.45, 7) is 0. The molecule has 0 aromatic heterocycles. The third-order valence-electron chi connectivity index (χ3n) is 5.16. The Balaban J connectivity index is 1.95. The van der Waals surface area contributed by atoms with Gasteiger partial charge < -0.3 is 14.9 Å². The van der Waals surface area contributed by atoms with Crippen molar-refractivity contribution in [2.45, 2.75) is 6.04 Å². The van der Waals surface area contributed by atoms with E-state index < -0.39 is 17.7 Å². The van der Waals surface area contributed by atoms with Crippen LogP contribution in [0, 0.1) is 0 Å². The molecule has 2 N–H and O–H groups in total. The number of halogens is 2. The number of methoxy groups -OCH3 is 1. The van der Waals surface area contributed by atoms with Gasteiger partial charge in [-0.15, -0.1) is 0 Å². The second-order valence-corrected chi connectivity index (χ2v) is 7.93. The number of Topliss-reactive ketones (excluding diaryl/α,β-unsaturated/α-hetero) is 1. The summed E-state index contributed by atoms with van der Waals surface area (Å²) in [5.74, 6) is -1.81. The molecule has 1 atom stereocenters. The number of phenols is 1. The Labute approximate surface area is 193 Å². The number of rotatable bonds is 4. The number of anilines is 1. The molecule has 8 heteroatoms. The summed E-state index contributed by atoms with van der Waals surface area (Å²) >= 11 is 12.1. The minimum Gasteiger partial charge on any atom is -0.508 e. The van der Waals surface area contributed by atoms with E-state index in [2.05, 4.69) is 0 Å². The van der Waals surface area contributed by atoms with Gasteiger partial charge in [0, 0.05) is 16.3 Å². The molecule has 3 aromatic rings. The third-order valence-corrected chi connectivity index (χ3v) is 5.72. The molecule has 1 fully saturated rings. The summed E-state index contributed by atoms with van der Waals surface area (Å²) in [7, 11) is 1.43. The SMILES string of the molecule is COc1cc(/C(O)=C2/C(=O)C(=O)N(c3ccc(Cl)cc3)C2c2cccc(O)c2)ccc1Cl. The molecule has 1 amide bonds. The van der Waals surface area contributed by atoms with Crippen LogP contribution in [0.4, 0.5) is 5.69 Å². The quantitative estimate of drug-likeness (QED) is 0.306. The van der Waals surface area contributed by atoms with Crippen molar-refractivity contribution in [2.75, 3.05) is 12.0 Å². The van der Waals surface area contributed by atoms with Crippen molar-refractivity contribution in [1.29, 1.82) is 0 Å². The van der Waals surface area contributed by atoms with E-state index in [1.807, 2.05) is 0 Å². The van der Waals surface area contributed by atoms with Gasteiger partial charge in [-0.3, -0.25) is 14.5 Å². The van der Waals surface area contributed by atoms with Crippen molar-refractivity contribution < 1.29 is 24.5 Å². The second-order valence-electron chi connectivity index (χ2n) is 7.09. The van der Waals surface area contributed by atoms with Crippen molar-refractivity contribution in [3.05, 3.63) is 93.5 Å². The highest BCUT2D eigenvalue weighted by molar-refractivity contribution is 6.51. The Morgan fingerprint density at radius 1 is 1.00 bits per heavy atom. The number of phenolic OH excluding ortho intramolecular Hbond substituents is 1. The number of carbonyl (C=O) groups excluding carboxylic acids is 2. The Bertz CT molecular complexity index is 1250. The van der Waals surface area contributed by atoms with Gasteiger partial charge in [-0.05, 0) is 60.2 Å². The van der Waals surface area contributed by atoms with E-state index in [-0.39, 0.29) is 22.6 Å². The molecule has 3 aromatic carbocycles. The maximum atomic E-state index is 13.1. The fraction of sp³-hybridized carbons (Fsp3) is 0.0833. The Morgan fingerprint density at radius 2 is 1.72 bits per heavy atom. The number of ketones is 1. The molecule has 1 aliphatic rings. The van der Waals surface area contributed by atoms with Crippen molar-refractivity contribution in [2.24, 2.45) is 0 Å². The summed E-state index contributed by atoms with van der Waals surface area (Å²) in [5.41, 5.74) is 0.990. The van der Waals surface area contributed by atoms with E-state index >= 15 is 0 Å². The highest BCUT2D eigenvalue weighted by atomic mass is 35.5. The van der Waals surface area contributed by atoms with Crippen molar-refractivity contribution in [3.8, 4) is 11.5 Å². The van der Waals surface area contributed by atoms with Crippen molar-refractivity contribution in [1.82, 2.24) is 0 Å². The van der Waals surface area contributed by atoms with E-state index in [1.165, 1.54) is 42.3 Å². The van der Waals surface area contributed by atoms with Crippen LogP contribution in [-0.4, -0.2) is 29.0 Å². The molecular weight excluding hydrogens is 453 g/mol. The number of benzene rings is 3. The number of amides is 1. The topological polar surface area (TPSA) is 87.1 Å². The van der Waals surface area contributed by atoms with Crippen LogP contribution in [0.15, 0.2) is 72.3 Å². The fourth-order valence-electron chi connectivity index (χ4n) is 3.67. The summed E-state index contributed by atoms with van der Waals surface area (Å²) in [4.78, 5) is 27.4. The number of aromatic hydroxyl groups is 1. The summed E-state index contributed by atoms with van der Waals surface area (Å²) in [6, 6.07) is 16.1. The Morgan fingerprint density at radius 3 is 2.38 bits per heavy atom. The molecule has 32 heavy (non-hydrogen) atoms. The van der Waals surface area contributed by atoms with Crippen LogP contribution in [0.2, 0.25) is 10.0 Å². The van der Waals surface area contributed by atoms with E-state index in [0.717, 1.165) is 0 Å². The van der Waals surface area contributed by atoms with Crippen molar-refractivity contribution in [3.63, 3.8) is 0 Å². The van der Waals surface area contributed by atoms with Crippen LogP contribution in [0.3, 0.4) is 0 Å². The van der Waals surface area contributed by atoms with Crippen LogP contribution in [0.25, 0.3) is 5.76 Å². The number of aliphatic hydroxyl groups excluding tert-OH is 1. The molecule has 162 valence electrons. The first-order valence-corrected chi connectivity index (χ1v) is 10.3. The van der Waals surface area contributed by atoms with E-state index in [4.69, 9.17) is 27.9 Å². The lowest BCUT2D eigenvalue weighted by molar-refractivity contribution is -0.132. The molecule has 0 radical (unpaired) electrons. The maximum absolute atomic E-state index is 13.1. The van der Waals surface area contributed by atoms with Gasteiger partial charge in [0.25, 0.3) is 11.7 Å². The zero-order chi connectivity index (χ0) is 23.0. The molecule has 1 saturated heterocycles. The molecule has 0 aliphatic carbocycles. The number of carbonyl (C=O) groups is 2. The van der Waals surface area contributed by atoms with Crippen LogP contribution in [-0.2, 0) is 9.59 Å². The number of hydrogen-bond donors (Lipinski definition) is 2. The molecule has 0 bridgehead atoms. The zero-order valence-electron chi connectivity index (χ0n) is 16.8. The van der Waals surface area contributed by atoms with Crippen LogP contribution in [0.1, 0.15) is 17.2 Å². The molecule has 1 aliphatic heterocycles. The van der Waals surface area contributed by atoms with Crippen LogP contribution in [0.5, 0.6) is 11.5 Å². The lowest BCUT2D eigenvalue weighted by atomic mass is 9.95.